The smallest absolute Gasteiger partial charge is 0.450 e. The SMILES string of the molecule is CCCCCCCCc1ccc(C(NC(=O)OCCCC)C(CC)O[P+](=O)OC(CC)C(NC(=O)OCCCC)c2ccc(CCCCCCCC)cc2)cc1. The molecule has 0 fully saturated rings. The molecule has 56 heavy (non-hydrogen) atoms. The van der Waals surface area contributed by atoms with Crippen LogP contribution in [-0.2, 0) is 35.9 Å². The number of carbonyl (C=O) groups excluding carboxylic acids is 2. The van der Waals surface area contributed by atoms with Crippen molar-refractivity contribution in [1.82, 2.24) is 10.6 Å². The molecule has 0 aromatic heterocycles. The topological polar surface area (TPSA) is 112 Å². The third-order valence-corrected chi connectivity index (χ3v) is 11.2. The van der Waals surface area contributed by atoms with Gasteiger partial charge in [-0.3, -0.25) is 0 Å². The summed E-state index contributed by atoms with van der Waals surface area (Å²) in [6.45, 7) is 13.0. The minimum atomic E-state index is -2.67. The lowest BCUT2D eigenvalue weighted by molar-refractivity contribution is 0.0773. The van der Waals surface area contributed by atoms with Crippen LogP contribution in [0.2, 0.25) is 0 Å². The average molecular weight is 800 g/mol. The maximum atomic E-state index is 13.8. The van der Waals surface area contributed by atoms with Crippen LogP contribution < -0.4 is 10.6 Å². The van der Waals surface area contributed by atoms with Crippen LogP contribution in [0.15, 0.2) is 48.5 Å². The number of amides is 2. The largest absolute Gasteiger partial charge is 0.698 e. The highest BCUT2D eigenvalue weighted by Crippen LogP contribution is 2.38. The summed E-state index contributed by atoms with van der Waals surface area (Å²) in [6.07, 6.45) is 18.7. The van der Waals surface area contributed by atoms with Crippen molar-refractivity contribution >= 4 is 20.4 Å². The first kappa shape index (κ1) is 49.1. The molecule has 316 valence electrons. The van der Waals surface area contributed by atoms with Gasteiger partial charge >= 0.3 is 20.4 Å². The second kappa shape index (κ2) is 31.0. The van der Waals surface area contributed by atoms with Gasteiger partial charge in [-0.1, -0.05) is 167 Å². The van der Waals surface area contributed by atoms with Gasteiger partial charge in [0.05, 0.1) is 25.3 Å². The number of aryl methyl sites for hydroxylation is 2. The molecule has 0 saturated heterocycles. The molecule has 0 aliphatic carbocycles. The van der Waals surface area contributed by atoms with Gasteiger partial charge in [-0.05, 0) is 73.6 Å². The van der Waals surface area contributed by atoms with Crippen molar-refractivity contribution < 1.29 is 32.7 Å². The predicted octanol–water partition coefficient (Wildman–Crippen LogP) is 13.6. The number of hydrogen-bond acceptors (Lipinski definition) is 7. The number of rotatable bonds is 32. The molecule has 4 unspecified atom stereocenters. The van der Waals surface area contributed by atoms with Gasteiger partial charge in [0, 0.05) is 4.57 Å². The first-order valence-corrected chi connectivity index (χ1v) is 23.2. The number of hydrogen-bond donors (Lipinski definition) is 2. The Bertz CT molecular complexity index is 1220. The van der Waals surface area contributed by atoms with E-state index >= 15 is 0 Å². The second-order valence-electron chi connectivity index (χ2n) is 15.1. The van der Waals surface area contributed by atoms with Crippen molar-refractivity contribution in [2.45, 2.75) is 194 Å². The first-order chi connectivity index (χ1) is 27.3. The zero-order valence-corrected chi connectivity index (χ0v) is 36.7. The van der Waals surface area contributed by atoms with E-state index in [1.165, 1.54) is 75.3 Å². The molecule has 2 amide bonds. The van der Waals surface area contributed by atoms with E-state index in [4.69, 9.17) is 18.5 Å². The van der Waals surface area contributed by atoms with E-state index < -0.39 is 44.7 Å². The second-order valence-corrected chi connectivity index (χ2v) is 15.9. The van der Waals surface area contributed by atoms with E-state index in [9.17, 15) is 14.2 Å². The van der Waals surface area contributed by atoms with E-state index in [2.05, 4.69) is 48.7 Å². The number of unbranched alkanes of at least 4 members (excludes halogenated alkanes) is 12. The van der Waals surface area contributed by atoms with Gasteiger partial charge in [0.25, 0.3) is 0 Å². The minimum absolute atomic E-state index is 0.314. The molecule has 0 radical (unpaired) electrons. The number of benzene rings is 2. The van der Waals surface area contributed by atoms with Gasteiger partial charge in [-0.2, -0.15) is 0 Å². The molecule has 2 aromatic carbocycles. The lowest BCUT2D eigenvalue weighted by Gasteiger charge is -2.25. The lowest BCUT2D eigenvalue weighted by atomic mass is 9.97. The summed E-state index contributed by atoms with van der Waals surface area (Å²) in [7, 11) is -2.67. The fourth-order valence-electron chi connectivity index (χ4n) is 6.73. The van der Waals surface area contributed by atoms with Crippen LogP contribution in [0, 0.1) is 0 Å². The maximum Gasteiger partial charge on any atom is 0.698 e. The third-order valence-electron chi connectivity index (χ3n) is 10.3. The summed E-state index contributed by atoms with van der Waals surface area (Å²) in [5, 5.41) is 5.99. The first-order valence-electron chi connectivity index (χ1n) is 22.1. The fraction of sp³-hybridized carbons (Fsp3) is 0.696. The third kappa shape index (κ3) is 20.4. The van der Waals surface area contributed by atoms with E-state index in [0.717, 1.165) is 62.5 Å². The van der Waals surface area contributed by atoms with Crippen molar-refractivity contribution in [1.29, 1.82) is 0 Å². The van der Waals surface area contributed by atoms with Crippen LogP contribution in [0.1, 0.15) is 191 Å². The molecule has 10 heteroatoms. The van der Waals surface area contributed by atoms with Crippen LogP contribution >= 0.6 is 8.25 Å². The highest BCUT2D eigenvalue weighted by molar-refractivity contribution is 7.33. The Balaban J connectivity index is 2.23. The Morgan fingerprint density at radius 2 is 0.839 bits per heavy atom. The van der Waals surface area contributed by atoms with Crippen LogP contribution in [0.25, 0.3) is 0 Å². The molecule has 0 aliphatic rings. The quantitative estimate of drug-likeness (QED) is 0.0560. The van der Waals surface area contributed by atoms with Crippen molar-refractivity contribution in [3.8, 4) is 0 Å². The standard InChI is InChI=1S/C46H75N2O7P/c1-7-13-17-19-21-23-25-37-27-31-39(32-28-37)43(47-45(49)52-35-15-9-3)41(11-5)54-56(51)55-42(12-6)44(48-46(50)53-36-16-10-4)40-33-29-38(30-34-40)26-24-22-20-18-14-8-2/h27-34,41-44H,7-26,35-36H2,1-6H3,(H-,47,48,49,50)/p+1. The molecule has 0 spiro atoms. The van der Waals surface area contributed by atoms with Gasteiger partial charge < -0.3 is 20.1 Å². The zero-order chi connectivity index (χ0) is 40.8. The summed E-state index contributed by atoms with van der Waals surface area (Å²) in [6, 6.07) is 15.2. The Kier molecular flexibility index (Phi) is 27.2. The Morgan fingerprint density at radius 3 is 1.18 bits per heavy atom. The number of nitrogens with one attached hydrogen (secondary N) is 2. The van der Waals surface area contributed by atoms with Crippen LogP contribution in [0.3, 0.4) is 0 Å². The van der Waals surface area contributed by atoms with E-state index in [0.29, 0.717) is 26.1 Å². The molecule has 0 heterocycles. The van der Waals surface area contributed by atoms with Gasteiger partial charge in [0.15, 0.2) is 0 Å². The highest BCUT2D eigenvalue weighted by atomic mass is 31.1. The number of carbonyl (C=O) groups is 2. The van der Waals surface area contributed by atoms with Crippen LogP contribution in [0.4, 0.5) is 9.59 Å². The summed E-state index contributed by atoms with van der Waals surface area (Å²) in [5.74, 6) is 0. The Morgan fingerprint density at radius 1 is 0.500 bits per heavy atom. The number of ether oxygens (including phenoxy) is 2. The minimum Gasteiger partial charge on any atom is -0.450 e. The molecule has 0 aliphatic heterocycles. The molecule has 0 bridgehead atoms. The summed E-state index contributed by atoms with van der Waals surface area (Å²) >= 11 is 0. The molecule has 9 nitrogen and oxygen atoms in total. The molecular formula is C46H76N2O7P+. The van der Waals surface area contributed by atoms with Crippen molar-refractivity contribution in [3.05, 3.63) is 70.8 Å². The molecule has 4 atom stereocenters. The van der Waals surface area contributed by atoms with Crippen molar-refractivity contribution in [3.63, 3.8) is 0 Å². The predicted molar refractivity (Wildman–Crippen MR) is 229 cm³/mol. The summed E-state index contributed by atoms with van der Waals surface area (Å²) in [4.78, 5) is 26.0. The van der Waals surface area contributed by atoms with Gasteiger partial charge in [-0.25, -0.2) is 9.59 Å². The number of alkyl carbamates (subject to hydrolysis) is 2. The van der Waals surface area contributed by atoms with E-state index in [1.54, 1.807) is 0 Å². The van der Waals surface area contributed by atoms with Gasteiger partial charge in [-0.15, -0.1) is 9.05 Å². The molecule has 2 aromatic rings. The Labute approximate surface area is 341 Å². The average Bonchev–Trinajstić information content (AvgIpc) is 3.21. The molecule has 2 rings (SSSR count). The fourth-order valence-corrected chi connectivity index (χ4v) is 7.76. The van der Waals surface area contributed by atoms with Crippen molar-refractivity contribution in [2.24, 2.45) is 0 Å². The summed E-state index contributed by atoms with van der Waals surface area (Å²) < 4.78 is 37.1. The zero-order valence-electron chi connectivity index (χ0n) is 35.8. The lowest BCUT2D eigenvalue weighted by Crippen LogP contribution is -2.38. The van der Waals surface area contributed by atoms with Crippen LogP contribution in [-0.4, -0.2) is 37.6 Å². The Hall–Kier alpha value is -3.00. The normalized spacial score (nSPS) is 13.7. The van der Waals surface area contributed by atoms with Crippen LogP contribution in [0.5, 0.6) is 0 Å². The van der Waals surface area contributed by atoms with Crippen molar-refractivity contribution in [2.75, 3.05) is 13.2 Å². The maximum absolute atomic E-state index is 13.8. The molecule has 0 saturated carbocycles. The molecule has 2 N–H and O–H groups in total. The van der Waals surface area contributed by atoms with E-state index in [-0.39, 0.29) is 0 Å². The van der Waals surface area contributed by atoms with Gasteiger partial charge in [0.2, 0.25) is 0 Å². The monoisotopic (exact) mass is 800 g/mol. The van der Waals surface area contributed by atoms with Gasteiger partial charge in [0.1, 0.15) is 12.2 Å². The molecular weight excluding hydrogens is 723 g/mol. The highest BCUT2D eigenvalue weighted by Gasteiger charge is 2.39. The van der Waals surface area contributed by atoms with E-state index in [1.807, 2.05) is 52.0 Å². The summed E-state index contributed by atoms with van der Waals surface area (Å²) in [5.41, 5.74) is 4.15.